The molecule has 94 valence electrons. The van der Waals surface area contributed by atoms with E-state index in [4.69, 9.17) is 0 Å². The molecule has 1 unspecified atom stereocenters. The van der Waals surface area contributed by atoms with Crippen LogP contribution in [0.1, 0.15) is 23.7 Å². The minimum atomic E-state index is -0.00954. The fourth-order valence-corrected chi connectivity index (χ4v) is 2.03. The zero-order chi connectivity index (χ0) is 13.0. The average molecular weight is 306 g/mol. The first kappa shape index (κ1) is 13.1. The predicted molar refractivity (Wildman–Crippen MR) is 79.3 cm³/mol. The lowest BCUT2D eigenvalue weighted by atomic mass is 10.0. The second-order valence-corrected chi connectivity index (χ2v) is 5.54. The van der Waals surface area contributed by atoms with Gasteiger partial charge in [-0.15, -0.1) is 0 Å². The maximum atomic E-state index is 12.1. The third-order valence-electron chi connectivity index (χ3n) is 2.96. The van der Waals surface area contributed by atoms with E-state index < -0.39 is 0 Å². The quantitative estimate of drug-likeness (QED) is 0.857. The summed E-state index contributed by atoms with van der Waals surface area (Å²) in [7, 11) is 0. The van der Waals surface area contributed by atoms with Gasteiger partial charge in [-0.2, -0.15) is 0 Å². The molecule has 2 rings (SSSR count). The number of alkyl halides is 1. The van der Waals surface area contributed by atoms with Gasteiger partial charge in [-0.3, -0.25) is 4.79 Å². The molecular formula is C15H16BrNO. The number of carbonyl (C=O) groups is 1. The Labute approximate surface area is 116 Å². The molecule has 0 aliphatic carbocycles. The molecule has 0 aromatic heterocycles. The number of benzene rings is 2. The summed E-state index contributed by atoms with van der Waals surface area (Å²) in [6.45, 7) is 2.74. The van der Waals surface area contributed by atoms with E-state index >= 15 is 0 Å². The Morgan fingerprint density at radius 2 is 1.94 bits per heavy atom. The Bertz CT molecular complexity index is 548. The molecule has 0 aliphatic rings. The largest absolute Gasteiger partial charge is 0.351 e. The molecule has 1 atom stereocenters. The highest BCUT2D eigenvalue weighted by Crippen LogP contribution is 2.18. The molecule has 2 nitrogen and oxygen atoms in total. The van der Waals surface area contributed by atoms with Crippen LogP contribution in [0.3, 0.4) is 0 Å². The second-order valence-electron chi connectivity index (χ2n) is 4.24. The van der Waals surface area contributed by atoms with Gasteiger partial charge in [0, 0.05) is 16.9 Å². The summed E-state index contributed by atoms with van der Waals surface area (Å²) in [4.78, 5) is 12.5. The zero-order valence-electron chi connectivity index (χ0n) is 10.3. The van der Waals surface area contributed by atoms with Crippen LogP contribution < -0.4 is 5.32 Å². The summed E-state index contributed by atoms with van der Waals surface area (Å²) in [5, 5.41) is 5.05. The number of amides is 1. The van der Waals surface area contributed by atoms with E-state index in [1.807, 2.05) is 42.5 Å². The summed E-state index contributed by atoms with van der Waals surface area (Å²) < 4.78 is 0. The molecule has 0 fully saturated rings. The summed E-state index contributed by atoms with van der Waals surface area (Å²) in [6.07, 6.45) is 0.996. The van der Waals surface area contributed by atoms with Gasteiger partial charge in [-0.1, -0.05) is 59.3 Å². The predicted octanol–water partition coefficient (Wildman–Crippen LogP) is 3.74. The highest BCUT2D eigenvalue weighted by Gasteiger charge is 2.10. The van der Waals surface area contributed by atoms with Gasteiger partial charge in [0.05, 0.1) is 0 Å². The van der Waals surface area contributed by atoms with Crippen LogP contribution in [0.2, 0.25) is 0 Å². The Hall–Kier alpha value is -1.35. The smallest absolute Gasteiger partial charge is 0.251 e. The molecule has 0 radical (unpaired) electrons. The van der Waals surface area contributed by atoms with E-state index in [0.29, 0.717) is 11.4 Å². The standard InChI is InChI=1S/C15H16BrNO/c1-2-12(16)10-17-15(18)14-9-5-7-11-6-3-4-8-13(11)14/h3-9,12H,2,10H2,1H3,(H,17,18). The Kier molecular flexibility index (Phi) is 4.37. The third kappa shape index (κ3) is 2.91. The molecule has 0 bridgehead atoms. The first-order valence-corrected chi connectivity index (χ1v) is 7.04. The van der Waals surface area contributed by atoms with E-state index in [2.05, 4.69) is 28.2 Å². The first-order chi connectivity index (χ1) is 8.72. The lowest BCUT2D eigenvalue weighted by Crippen LogP contribution is -2.29. The summed E-state index contributed by atoms with van der Waals surface area (Å²) in [5.74, 6) is -0.00954. The number of nitrogens with one attached hydrogen (secondary N) is 1. The maximum Gasteiger partial charge on any atom is 0.251 e. The molecule has 0 heterocycles. The summed E-state index contributed by atoms with van der Waals surface area (Å²) in [5.41, 5.74) is 0.740. The van der Waals surface area contributed by atoms with E-state index in [1.165, 1.54) is 0 Å². The molecule has 3 heteroatoms. The number of hydrogen-bond donors (Lipinski definition) is 1. The van der Waals surface area contributed by atoms with Crippen molar-refractivity contribution < 1.29 is 4.79 Å². The van der Waals surface area contributed by atoms with Crippen LogP contribution in [0.5, 0.6) is 0 Å². The number of fused-ring (bicyclic) bond motifs is 1. The molecule has 2 aromatic carbocycles. The number of hydrogen-bond acceptors (Lipinski definition) is 1. The van der Waals surface area contributed by atoms with Crippen LogP contribution in [0.25, 0.3) is 10.8 Å². The van der Waals surface area contributed by atoms with Crippen LogP contribution in [-0.4, -0.2) is 17.3 Å². The van der Waals surface area contributed by atoms with Crippen molar-refractivity contribution in [1.29, 1.82) is 0 Å². The molecule has 1 amide bonds. The van der Waals surface area contributed by atoms with Gasteiger partial charge in [0.15, 0.2) is 0 Å². The van der Waals surface area contributed by atoms with Crippen LogP contribution >= 0.6 is 15.9 Å². The van der Waals surface area contributed by atoms with Crippen molar-refractivity contribution in [2.24, 2.45) is 0 Å². The average Bonchev–Trinajstić information content (AvgIpc) is 2.43. The van der Waals surface area contributed by atoms with Crippen molar-refractivity contribution >= 4 is 32.6 Å². The molecule has 2 aromatic rings. The van der Waals surface area contributed by atoms with Crippen molar-refractivity contribution in [2.75, 3.05) is 6.54 Å². The van der Waals surface area contributed by atoms with Gasteiger partial charge < -0.3 is 5.32 Å². The number of carbonyl (C=O) groups excluding carboxylic acids is 1. The van der Waals surface area contributed by atoms with Crippen molar-refractivity contribution in [3.05, 3.63) is 48.0 Å². The molecule has 1 N–H and O–H groups in total. The maximum absolute atomic E-state index is 12.1. The van der Waals surface area contributed by atoms with Crippen molar-refractivity contribution in [1.82, 2.24) is 5.32 Å². The highest BCUT2D eigenvalue weighted by molar-refractivity contribution is 9.09. The van der Waals surface area contributed by atoms with Gasteiger partial charge in [-0.25, -0.2) is 0 Å². The van der Waals surface area contributed by atoms with Crippen molar-refractivity contribution in [3.63, 3.8) is 0 Å². The van der Waals surface area contributed by atoms with E-state index in [-0.39, 0.29) is 5.91 Å². The molecule has 0 saturated heterocycles. The zero-order valence-corrected chi connectivity index (χ0v) is 11.9. The van der Waals surface area contributed by atoms with Crippen molar-refractivity contribution in [2.45, 2.75) is 18.2 Å². The normalized spacial score (nSPS) is 12.3. The number of rotatable bonds is 4. The topological polar surface area (TPSA) is 29.1 Å². The lowest BCUT2D eigenvalue weighted by Gasteiger charge is -2.10. The van der Waals surface area contributed by atoms with Gasteiger partial charge >= 0.3 is 0 Å². The van der Waals surface area contributed by atoms with Crippen LogP contribution in [-0.2, 0) is 0 Å². The van der Waals surface area contributed by atoms with Gasteiger partial charge in [-0.05, 0) is 23.3 Å². The van der Waals surface area contributed by atoms with Crippen LogP contribution in [0, 0.1) is 0 Å². The van der Waals surface area contributed by atoms with Crippen molar-refractivity contribution in [3.8, 4) is 0 Å². The van der Waals surface area contributed by atoms with E-state index in [0.717, 1.165) is 22.8 Å². The minimum absolute atomic E-state index is 0.00954. The minimum Gasteiger partial charge on any atom is -0.351 e. The van der Waals surface area contributed by atoms with Crippen LogP contribution in [0.4, 0.5) is 0 Å². The van der Waals surface area contributed by atoms with E-state index in [1.54, 1.807) is 0 Å². The first-order valence-electron chi connectivity index (χ1n) is 6.12. The molecule has 0 saturated carbocycles. The molecule has 0 spiro atoms. The Balaban J connectivity index is 2.22. The SMILES string of the molecule is CCC(Br)CNC(=O)c1cccc2ccccc12. The fraction of sp³-hybridized carbons (Fsp3) is 0.267. The van der Waals surface area contributed by atoms with Crippen LogP contribution in [0.15, 0.2) is 42.5 Å². The molecule has 0 aliphatic heterocycles. The summed E-state index contributed by atoms with van der Waals surface area (Å²) in [6, 6.07) is 13.7. The molecule has 18 heavy (non-hydrogen) atoms. The fourth-order valence-electron chi connectivity index (χ4n) is 1.87. The molecular weight excluding hydrogens is 290 g/mol. The highest BCUT2D eigenvalue weighted by atomic mass is 79.9. The Morgan fingerprint density at radius 1 is 1.22 bits per heavy atom. The second kappa shape index (κ2) is 6.01. The van der Waals surface area contributed by atoms with Gasteiger partial charge in [0.2, 0.25) is 0 Å². The lowest BCUT2D eigenvalue weighted by molar-refractivity contribution is 0.0955. The number of halogens is 1. The summed E-state index contributed by atoms with van der Waals surface area (Å²) >= 11 is 3.51. The van der Waals surface area contributed by atoms with Gasteiger partial charge in [0.1, 0.15) is 0 Å². The van der Waals surface area contributed by atoms with Gasteiger partial charge in [0.25, 0.3) is 5.91 Å². The monoisotopic (exact) mass is 305 g/mol. The van der Waals surface area contributed by atoms with E-state index in [9.17, 15) is 4.79 Å². The Morgan fingerprint density at radius 3 is 2.72 bits per heavy atom. The third-order valence-corrected chi connectivity index (χ3v) is 3.93.